The normalized spacial score (nSPS) is 15.7. The van der Waals surface area contributed by atoms with E-state index < -0.39 is 0 Å². The Morgan fingerprint density at radius 1 is 1.21 bits per heavy atom. The monoisotopic (exact) mass is 466 g/mol. The van der Waals surface area contributed by atoms with Gasteiger partial charge < -0.3 is 14.6 Å². The lowest BCUT2D eigenvalue weighted by atomic mass is 9.72. The molecule has 0 fully saturated rings. The highest BCUT2D eigenvalue weighted by Crippen LogP contribution is 2.44. The van der Waals surface area contributed by atoms with Crippen molar-refractivity contribution in [3.05, 3.63) is 57.7 Å². The Morgan fingerprint density at radius 3 is 2.61 bits per heavy atom. The van der Waals surface area contributed by atoms with Crippen LogP contribution in [0.5, 0.6) is 0 Å². The van der Waals surface area contributed by atoms with E-state index in [0.717, 1.165) is 35.3 Å². The number of hydrogen-bond acceptors (Lipinski definition) is 6. The molecule has 1 N–H and O–H groups in total. The minimum absolute atomic E-state index is 0.180. The van der Waals surface area contributed by atoms with Crippen LogP contribution in [0.4, 0.5) is 5.00 Å². The van der Waals surface area contributed by atoms with Crippen LogP contribution in [0.3, 0.4) is 0 Å². The predicted molar refractivity (Wildman–Crippen MR) is 130 cm³/mol. The first kappa shape index (κ1) is 23.2. The van der Waals surface area contributed by atoms with Crippen LogP contribution in [0.1, 0.15) is 71.0 Å². The number of esters is 1. The van der Waals surface area contributed by atoms with Crippen molar-refractivity contribution < 1.29 is 18.8 Å². The molecule has 33 heavy (non-hydrogen) atoms. The molecule has 1 amide bonds. The average Bonchev–Trinajstić information content (AvgIpc) is 3.33. The van der Waals surface area contributed by atoms with E-state index in [2.05, 4.69) is 31.2 Å². The number of hydrogen-bond donors (Lipinski definition) is 1. The largest absolute Gasteiger partial charge is 0.462 e. The van der Waals surface area contributed by atoms with Gasteiger partial charge in [-0.05, 0) is 50.0 Å². The van der Waals surface area contributed by atoms with E-state index >= 15 is 0 Å². The molecular formula is C26H30N2O4S. The number of fused-ring (bicyclic) bond motifs is 1. The Balaban J connectivity index is 1.71. The third-order valence-electron chi connectivity index (χ3n) is 6.33. The highest BCUT2D eigenvalue weighted by atomic mass is 32.1. The summed E-state index contributed by atoms with van der Waals surface area (Å²) in [5, 5.41) is 7.65. The summed E-state index contributed by atoms with van der Waals surface area (Å²) in [5.74, 6) is 0.222. The maximum absolute atomic E-state index is 13.4. The van der Waals surface area contributed by atoms with Crippen molar-refractivity contribution in [2.45, 2.75) is 53.9 Å². The molecular weight excluding hydrogens is 436 g/mol. The molecule has 1 aliphatic rings. The molecule has 6 nitrogen and oxygen atoms in total. The summed E-state index contributed by atoms with van der Waals surface area (Å²) in [6.07, 6.45) is 2.71. The fraction of sp³-hybridized carbons (Fsp3) is 0.423. The van der Waals surface area contributed by atoms with Crippen LogP contribution in [-0.4, -0.2) is 23.6 Å². The number of nitrogens with zero attached hydrogens (tertiary/aromatic N) is 1. The van der Waals surface area contributed by atoms with E-state index in [1.54, 1.807) is 13.8 Å². The summed E-state index contributed by atoms with van der Waals surface area (Å²) in [5.41, 5.74) is 3.34. The number of rotatable bonds is 5. The molecule has 0 bridgehead atoms. The summed E-state index contributed by atoms with van der Waals surface area (Å²) in [7, 11) is 0. The van der Waals surface area contributed by atoms with Crippen molar-refractivity contribution in [3.8, 4) is 11.3 Å². The van der Waals surface area contributed by atoms with Crippen LogP contribution in [0.15, 0.2) is 34.9 Å². The number of amides is 1. The smallest absolute Gasteiger partial charge is 0.341 e. The Kier molecular flexibility index (Phi) is 6.43. The minimum Gasteiger partial charge on any atom is -0.462 e. The summed E-state index contributed by atoms with van der Waals surface area (Å²) < 4.78 is 10.7. The van der Waals surface area contributed by atoms with Gasteiger partial charge >= 0.3 is 5.97 Å². The van der Waals surface area contributed by atoms with Gasteiger partial charge in [-0.15, -0.1) is 11.3 Å². The molecule has 1 unspecified atom stereocenters. The van der Waals surface area contributed by atoms with Crippen molar-refractivity contribution in [1.29, 1.82) is 0 Å². The Hall–Kier alpha value is -2.93. The van der Waals surface area contributed by atoms with Gasteiger partial charge in [-0.2, -0.15) is 0 Å². The molecule has 0 saturated heterocycles. The fourth-order valence-corrected chi connectivity index (χ4v) is 5.74. The van der Waals surface area contributed by atoms with Crippen molar-refractivity contribution in [2.75, 3.05) is 11.9 Å². The summed E-state index contributed by atoms with van der Waals surface area (Å²) in [6.45, 7) is 10.6. The number of anilines is 1. The summed E-state index contributed by atoms with van der Waals surface area (Å²) in [6, 6.07) is 9.45. The lowest BCUT2D eigenvalue weighted by Gasteiger charge is -2.33. The second-order valence-electron chi connectivity index (χ2n) is 9.52. The molecule has 2 heterocycles. The zero-order valence-electron chi connectivity index (χ0n) is 19.8. The number of carbonyl (C=O) groups excluding carboxylic acids is 2. The first-order chi connectivity index (χ1) is 15.7. The highest BCUT2D eigenvalue weighted by Gasteiger charge is 2.35. The molecule has 2 aromatic heterocycles. The van der Waals surface area contributed by atoms with Crippen molar-refractivity contribution in [3.63, 3.8) is 0 Å². The van der Waals surface area contributed by atoms with E-state index in [1.807, 2.05) is 30.3 Å². The first-order valence-corrected chi connectivity index (χ1v) is 12.2. The molecule has 1 atom stereocenters. The van der Waals surface area contributed by atoms with E-state index in [1.165, 1.54) is 11.3 Å². The minimum atomic E-state index is -0.384. The molecule has 0 radical (unpaired) electrons. The van der Waals surface area contributed by atoms with Gasteiger partial charge in [0.05, 0.1) is 12.2 Å². The van der Waals surface area contributed by atoms with Crippen molar-refractivity contribution >= 4 is 28.2 Å². The number of aryl methyl sites for hydroxylation is 1. The van der Waals surface area contributed by atoms with E-state index in [4.69, 9.17) is 9.26 Å². The second kappa shape index (κ2) is 9.14. The number of thiophene rings is 1. The zero-order valence-corrected chi connectivity index (χ0v) is 20.6. The number of ether oxygens (including phenoxy) is 1. The van der Waals surface area contributed by atoms with E-state index in [-0.39, 0.29) is 23.9 Å². The van der Waals surface area contributed by atoms with Gasteiger partial charge in [0.1, 0.15) is 22.0 Å². The van der Waals surface area contributed by atoms with Crippen LogP contribution < -0.4 is 5.32 Å². The van der Waals surface area contributed by atoms with Gasteiger partial charge in [-0.25, -0.2) is 4.79 Å². The predicted octanol–water partition coefficient (Wildman–Crippen LogP) is 6.29. The molecule has 3 aromatic rings. The van der Waals surface area contributed by atoms with Crippen LogP contribution in [0.25, 0.3) is 11.3 Å². The van der Waals surface area contributed by atoms with Crippen LogP contribution in [0.2, 0.25) is 0 Å². The highest BCUT2D eigenvalue weighted by molar-refractivity contribution is 7.17. The SMILES string of the molecule is CCOC(=O)c1c(NC(=O)c2c(-c3ccccc3)noc2C)sc2c1CCC(C(C)(C)C)C2. The Labute approximate surface area is 198 Å². The number of benzene rings is 1. The molecule has 7 heteroatoms. The molecule has 0 saturated carbocycles. The topological polar surface area (TPSA) is 81.4 Å². The van der Waals surface area contributed by atoms with Crippen molar-refractivity contribution in [2.24, 2.45) is 11.3 Å². The average molecular weight is 467 g/mol. The van der Waals surface area contributed by atoms with Gasteiger partial charge in [0.15, 0.2) is 0 Å². The molecule has 1 aromatic carbocycles. The molecule has 174 valence electrons. The van der Waals surface area contributed by atoms with Crippen LogP contribution in [0, 0.1) is 18.3 Å². The third-order valence-corrected chi connectivity index (χ3v) is 7.50. The van der Waals surface area contributed by atoms with Crippen LogP contribution >= 0.6 is 11.3 Å². The Morgan fingerprint density at radius 2 is 1.94 bits per heavy atom. The molecule has 0 spiro atoms. The van der Waals surface area contributed by atoms with Gasteiger partial charge in [0.2, 0.25) is 0 Å². The number of nitrogens with one attached hydrogen (secondary N) is 1. The van der Waals surface area contributed by atoms with Gasteiger partial charge in [0.25, 0.3) is 5.91 Å². The number of aromatic nitrogens is 1. The second-order valence-corrected chi connectivity index (χ2v) is 10.6. The van der Waals surface area contributed by atoms with Crippen molar-refractivity contribution in [1.82, 2.24) is 5.16 Å². The first-order valence-electron chi connectivity index (χ1n) is 11.3. The molecule has 4 rings (SSSR count). The number of carbonyl (C=O) groups is 2. The van der Waals surface area contributed by atoms with E-state index in [0.29, 0.717) is 33.5 Å². The van der Waals surface area contributed by atoms with Gasteiger partial charge in [-0.1, -0.05) is 56.3 Å². The fourth-order valence-electron chi connectivity index (χ4n) is 4.43. The van der Waals surface area contributed by atoms with Gasteiger partial charge in [-0.3, -0.25) is 4.79 Å². The molecule has 0 aliphatic heterocycles. The molecule has 1 aliphatic carbocycles. The zero-order chi connectivity index (χ0) is 23.8. The standard InChI is InChI=1S/C26H30N2O4S/c1-6-31-25(30)21-18-13-12-17(26(3,4)5)14-19(18)33-24(21)27-23(29)20-15(2)32-28-22(20)16-10-8-7-9-11-16/h7-11,17H,6,12-14H2,1-5H3,(H,27,29). The maximum atomic E-state index is 13.4. The lowest BCUT2D eigenvalue weighted by Crippen LogP contribution is -2.26. The van der Waals surface area contributed by atoms with E-state index in [9.17, 15) is 9.59 Å². The maximum Gasteiger partial charge on any atom is 0.341 e. The Bertz CT molecular complexity index is 1170. The van der Waals surface area contributed by atoms with Gasteiger partial charge in [0, 0.05) is 10.4 Å². The third kappa shape index (κ3) is 4.60. The quantitative estimate of drug-likeness (QED) is 0.447. The lowest BCUT2D eigenvalue weighted by molar-refractivity contribution is 0.0526. The van der Waals surface area contributed by atoms with Crippen LogP contribution in [-0.2, 0) is 17.6 Å². The summed E-state index contributed by atoms with van der Waals surface area (Å²) in [4.78, 5) is 27.5. The summed E-state index contributed by atoms with van der Waals surface area (Å²) >= 11 is 1.49.